The number of ketones is 1. The third kappa shape index (κ3) is 5.12. The van der Waals surface area contributed by atoms with Gasteiger partial charge in [-0.15, -0.1) is 11.3 Å². The number of rotatable bonds is 7. The van der Waals surface area contributed by atoms with Gasteiger partial charge in [-0.25, -0.2) is 4.98 Å². The standard InChI is InChI=1S/C22H27N3O4S/c1-13(8-14(2)26)22(29)25-11-18(27)9-19(25)21(28)23-10-16-4-6-17(7-5-16)20-15(3)24-12-30-20/h4-7,12-13,18-19,27H,8-11H2,1-3H3,(H,23,28). The second-order valence-corrected chi connectivity index (χ2v) is 8.74. The van der Waals surface area contributed by atoms with Crippen molar-refractivity contribution in [2.24, 2.45) is 5.92 Å². The van der Waals surface area contributed by atoms with Crippen LogP contribution in [0.5, 0.6) is 0 Å². The summed E-state index contributed by atoms with van der Waals surface area (Å²) < 4.78 is 0. The Morgan fingerprint density at radius 1 is 1.30 bits per heavy atom. The highest BCUT2D eigenvalue weighted by Gasteiger charge is 2.40. The molecule has 1 aromatic carbocycles. The van der Waals surface area contributed by atoms with Crippen molar-refractivity contribution in [2.75, 3.05) is 6.54 Å². The maximum Gasteiger partial charge on any atom is 0.243 e. The van der Waals surface area contributed by atoms with E-state index in [1.165, 1.54) is 11.8 Å². The Morgan fingerprint density at radius 2 is 2.00 bits per heavy atom. The second-order valence-electron chi connectivity index (χ2n) is 7.88. The number of amides is 2. The lowest BCUT2D eigenvalue weighted by molar-refractivity contribution is -0.142. The third-order valence-electron chi connectivity index (χ3n) is 5.31. The van der Waals surface area contributed by atoms with E-state index in [9.17, 15) is 19.5 Å². The van der Waals surface area contributed by atoms with Crippen LogP contribution in [0.15, 0.2) is 29.8 Å². The molecule has 30 heavy (non-hydrogen) atoms. The van der Waals surface area contributed by atoms with E-state index in [4.69, 9.17) is 0 Å². The molecule has 8 heteroatoms. The van der Waals surface area contributed by atoms with Gasteiger partial charge in [0.1, 0.15) is 11.8 Å². The molecule has 3 atom stereocenters. The normalized spacial score (nSPS) is 19.5. The van der Waals surface area contributed by atoms with Crippen molar-refractivity contribution < 1.29 is 19.5 Å². The first-order chi connectivity index (χ1) is 14.3. The van der Waals surface area contributed by atoms with Gasteiger partial charge in [-0.1, -0.05) is 31.2 Å². The van der Waals surface area contributed by atoms with Crippen molar-refractivity contribution in [1.29, 1.82) is 0 Å². The molecule has 0 bridgehead atoms. The van der Waals surface area contributed by atoms with Crippen LogP contribution in [0.25, 0.3) is 10.4 Å². The molecule has 3 rings (SSSR count). The summed E-state index contributed by atoms with van der Waals surface area (Å²) >= 11 is 1.59. The summed E-state index contributed by atoms with van der Waals surface area (Å²) in [7, 11) is 0. The van der Waals surface area contributed by atoms with Crippen molar-refractivity contribution in [3.8, 4) is 10.4 Å². The molecule has 1 saturated heterocycles. The first-order valence-corrected chi connectivity index (χ1v) is 10.9. The van der Waals surface area contributed by atoms with E-state index in [-0.39, 0.29) is 37.0 Å². The van der Waals surface area contributed by atoms with Crippen LogP contribution in [0, 0.1) is 12.8 Å². The van der Waals surface area contributed by atoms with Crippen molar-refractivity contribution in [2.45, 2.75) is 52.3 Å². The Hall–Kier alpha value is -2.58. The molecule has 2 amide bonds. The number of nitrogens with zero attached hydrogens (tertiary/aromatic N) is 2. The number of aromatic nitrogens is 1. The van der Waals surface area contributed by atoms with Gasteiger partial charge in [0.25, 0.3) is 0 Å². The Bertz CT molecular complexity index is 925. The van der Waals surface area contributed by atoms with E-state index in [1.54, 1.807) is 18.3 Å². The van der Waals surface area contributed by atoms with Crippen molar-refractivity contribution >= 4 is 28.9 Å². The average Bonchev–Trinajstić information content (AvgIpc) is 3.31. The highest BCUT2D eigenvalue weighted by Crippen LogP contribution is 2.27. The van der Waals surface area contributed by atoms with Crippen molar-refractivity contribution in [3.05, 3.63) is 41.0 Å². The number of thiazole rings is 1. The van der Waals surface area contributed by atoms with E-state index < -0.39 is 18.1 Å². The van der Waals surface area contributed by atoms with Gasteiger partial charge in [0, 0.05) is 31.8 Å². The molecule has 1 aliphatic rings. The number of aliphatic hydroxyl groups is 1. The summed E-state index contributed by atoms with van der Waals surface area (Å²) in [6.45, 7) is 5.53. The van der Waals surface area contributed by atoms with E-state index in [0.29, 0.717) is 6.54 Å². The predicted molar refractivity (Wildman–Crippen MR) is 115 cm³/mol. The maximum atomic E-state index is 12.7. The molecule has 0 spiro atoms. The van der Waals surface area contributed by atoms with Crippen LogP contribution >= 0.6 is 11.3 Å². The molecular formula is C22H27N3O4S. The Labute approximate surface area is 180 Å². The van der Waals surface area contributed by atoms with Gasteiger partial charge < -0.3 is 20.1 Å². The number of hydrogen-bond donors (Lipinski definition) is 2. The van der Waals surface area contributed by atoms with Crippen LogP contribution < -0.4 is 5.32 Å². The lowest BCUT2D eigenvalue weighted by Crippen LogP contribution is -2.47. The van der Waals surface area contributed by atoms with Gasteiger partial charge in [-0.2, -0.15) is 0 Å². The topological polar surface area (TPSA) is 99.6 Å². The summed E-state index contributed by atoms with van der Waals surface area (Å²) in [6, 6.07) is 7.19. The maximum absolute atomic E-state index is 12.7. The zero-order valence-corrected chi connectivity index (χ0v) is 18.2. The fourth-order valence-electron chi connectivity index (χ4n) is 3.77. The van der Waals surface area contributed by atoms with E-state index in [1.807, 2.05) is 36.7 Å². The molecule has 0 radical (unpaired) electrons. The van der Waals surface area contributed by atoms with Crippen molar-refractivity contribution in [3.63, 3.8) is 0 Å². The predicted octanol–water partition coefficient (Wildman–Crippen LogP) is 2.31. The molecule has 0 aliphatic carbocycles. The van der Waals surface area contributed by atoms with Crippen LogP contribution in [0.2, 0.25) is 0 Å². The molecule has 0 saturated carbocycles. The lowest BCUT2D eigenvalue weighted by Gasteiger charge is -2.26. The van der Waals surface area contributed by atoms with E-state index in [2.05, 4.69) is 10.3 Å². The van der Waals surface area contributed by atoms with Crippen molar-refractivity contribution in [1.82, 2.24) is 15.2 Å². The Balaban J connectivity index is 1.61. The van der Waals surface area contributed by atoms with Gasteiger partial charge in [0.15, 0.2) is 0 Å². The molecule has 1 aliphatic heterocycles. The molecule has 1 fully saturated rings. The number of carbonyl (C=O) groups is 3. The van der Waals surface area contributed by atoms with Gasteiger partial charge in [-0.3, -0.25) is 9.59 Å². The minimum atomic E-state index is -0.740. The van der Waals surface area contributed by atoms with E-state index >= 15 is 0 Å². The SMILES string of the molecule is CC(=O)CC(C)C(=O)N1CC(O)CC1C(=O)NCc1ccc(-c2scnc2C)cc1. The smallest absolute Gasteiger partial charge is 0.243 e. The van der Waals surface area contributed by atoms with Crippen LogP contribution in [-0.4, -0.2) is 51.3 Å². The number of Topliss-reactive ketones (excluding diaryl/α,β-unsaturated/α-hetero) is 1. The number of hydrogen-bond acceptors (Lipinski definition) is 6. The molecule has 3 unspecified atom stereocenters. The zero-order valence-electron chi connectivity index (χ0n) is 17.4. The Morgan fingerprint density at radius 3 is 2.60 bits per heavy atom. The summed E-state index contributed by atoms with van der Waals surface area (Å²) in [6.07, 6.45) is -0.407. The second kappa shape index (κ2) is 9.49. The third-order valence-corrected chi connectivity index (χ3v) is 6.29. The first-order valence-electron chi connectivity index (χ1n) is 10.0. The van der Waals surface area contributed by atoms with Crippen LogP contribution in [0.1, 0.15) is 37.9 Å². The Kier molecular flexibility index (Phi) is 6.99. The number of benzene rings is 1. The number of aliphatic hydroxyl groups excluding tert-OH is 1. The van der Waals surface area contributed by atoms with Gasteiger partial charge >= 0.3 is 0 Å². The number of β-amino-alcohol motifs (C(OH)–C–C–N with tert-alkyl or cyclic N) is 1. The first kappa shape index (κ1) is 22.1. The zero-order chi connectivity index (χ0) is 21.8. The molecule has 2 N–H and O–H groups in total. The fourth-order valence-corrected chi connectivity index (χ4v) is 4.58. The summed E-state index contributed by atoms with van der Waals surface area (Å²) in [4.78, 5) is 43.5. The highest BCUT2D eigenvalue weighted by atomic mass is 32.1. The fraction of sp³-hybridized carbons (Fsp3) is 0.455. The number of aryl methyl sites for hydroxylation is 1. The molecule has 2 heterocycles. The minimum Gasteiger partial charge on any atom is -0.391 e. The number of nitrogens with one attached hydrogen (secondary N) is 1. The molecule has 1 aromatic heterocycles. The average molecular weight is 430 g/mol. The largest absolute Gasteiger partial charge is 0.391 e. The molecule has 7 nitrogen and oxygen atoms in total. The number of likely N-dealkylation sites (tertiary alicyclic amines) is 1. The quantitative estimate of drug-likeness (QED) is 0.704. The van der Waals surface area contributed by atoms with Crippen LogP contribution in [0.3, 0.4) is 0 Å². The van der Waals surface area contributed by atoms with Gasteiger partial charge in [0.2, 0.25) is 11.8 Å². The van der Waals surface area contributed by atoms with E-state index in [0.717, 1.165) is 21.7 Å². The van der Waals surface area contributed by atoms with Crippen LogP contribution in [0.4, 0.5) is 0 Å². The number of carbonyl (C=O) groups excluding carboxylic acids is 3. The van der Waals surface area contributed by atoms with Gasteiger partial charge in [-0.05, 0) is 25.0 Å². The molecule has 160 valence electrons. The monoisotopic (exact) mass is 429 g/mol. The summed E-state index contributed by atoms with van der Waals surface area (Å²) in [5, 5.41) is 12.9. The highest BCUT2D eigenvalue weighted by molar-refractivity contribution is 7.13. The summed E-state index contributed by atoms with van der Waals surface area (Å²) in [5.41, 5.74) is 4.83. The van der Waals surface area contributed by atoms with Gasteiger partial charge in [0.05, 0.1) is 22.2 Å². The van der Waals surface area contributed by atoms with Crippen LogP contribution in [-0.2, 0) is 20.9 Å². The lowest BCUT2D eigenvalue weighted by atomic mass is 10.0. The minimum absolute atomic E-state index is 0.0754. The summed E-state index contributed by atoms with van der Waals surface area (Å²) in [5.74, 6) is -1.15. The molecular weight excluding hydrogens is 402 g/mol. The molecule has 2 aromatic rings.